The summed E-state index contributed by atoms with van der Waals surface area (Å²) in [6.07, 6.45) is -0.585. The number of carbonyl (C=O) groups excluding carboxylic acids is 1. The molecule has 1 aromatic heterocycles. The Morgan fingerprint density at radius 1 is 1.58 bits per heavy atom. The fraction of sp³-hybridized carbons (Fsp3) is 0.727. The number of hydrogen-bond donors (Lipinski definition) is 1. The molecule has 1 saturated heterocycles. The number of hydrogen-bond acceptors (Lipinski definition) is 7. The monoisotopic (exact) mass is 303 g/mol. The fourth-order valence-corrected chi connectivity index (χ4v) is 3.67. The zero-order valence-electron chi connectivity index (χ0n) is 10.9. The maximum atomic E-state index is 12.2. The Morgan fingerprint density at radius 3 is 2.89 bits per heavy atom. The third kappa shape index (κ3) is 3.65. The van der Waals surface area contributed by atoms with Gasteiger partial charge in [-0.25, -0.2) is 0 Å². The van der Waals surface area contributed by atoms with Crippen molar-refractivity contribution >= 4 is 29.0 Å². The first kappa shape index (κ1) is 14.7. The molecule has 0 spiro atoms. The Morgan fingerprint density at radius 2 is 2.37 bits per heavy atom. The number of amides is 1. The van der Waals surface area contributed by atoms with Crippen LogP contribution >= 0.6 is 23.1 Å². The van der Waals surface area contributed by atoms with Crippen molar-refractivity contribution in [2.45, 2.75) is 30.3 Å². The van der Waals surface area contributed by atoms with E-state index >= 15 is 0 Å². The van der Waals surface area contributed by atoms with Gasteiger partial charge in [0.15, 0.2) is 4.34 Å². The van der Waals surface area contributed by atoms with Crippen LogP contribution in [0.4, 0.5) is 0 Å². The maximum absolute atomic E-state index is 12.2. The number of carbonyl (C=O) groups is 1. The minimum atomic E-state index is -0.585. The molecule has 1 fully saturated rings. The lowest BCUT2D eigenvalue weighted by Crippen LogP contribution is -2.47. The molecule has 0 aliphatic carbocycles. The van der Waals surface area contributed by atoms with Gasteiger partial charge in [0.2, 0.25) is 5.91 Å². The third-order valence-corrected chi connectivity index (χ3v) is 4.87. The number of aromatic nitrogens is 2. The molecule has 0 saturated carbocycles. The van der Waals surface area contributed by atoms with E-state index in [4.69, 9.17) is 4.74 Å². The molecule has 0 unspecified atom stereocenters. The standard InChI is InChI=1S/C11H17N3O3S2/c1-3-14(8-4-17-5-9(8)15)10(16)6-18-11-13-12-7(2)19-11/h8-9,15H,3-6H2,1-2H3/t8-,9-/m1/s1. The number of thioether (sulfide) groups is 1. The van der Waals surface area contributed by atoms with Crippen LogP contribution < -0.4 is 0 Å². The van der Waals surface area contributed by atoms with Gasteiger partial charge in [0.25, 0.3) is 0 Å². The molecular weight excluding hydrogens is 286 g/mol. The number of aliphatic hydroxyl groups excluding tert-OH is 1. The van der Waals surface area contributed by atoms with E-state index in [-0.39, 0.29) is 11.9 Å². The lowest BCUT2D eigenvalue weighted by molar-refractivity contribution is -0.132. The van der Waals surface area contributed by atoms with Crippen LogP contribution in [-0.2, 0) is 9.53 Å². The Hall–Kier alpha value is -0.700. The molecule has 2 heterocycles. The third-order valence-electron chi connectivity index (χ3n) is 2.91. The largest absolute Gasteiger partial charge is 0.388 e. The Balaban J connectivity index is 1.90. The van der Waals surface area contributed by atoms with Gasteiger partial charge in [0, 0.05) is 6.54 Å². The van der Waals surface area contributed by atoms with Crippen LogP contribution in [0.3, 0.4) is 0 Å². The van der Waals surface area contributed by atoms with Gasteiger partial charge >= 0.3 is 0 Å². The normalized spacial score (nSPS) is 22.7. The quantitative estimate of drug-likeness (QED) is 0.801. The maximum Gasteiger partial charge on any atom is 0.233 e. The van der Waals surface area contributed by atoms with Crippen LogP contribution in [0, 0.1) is 6.92 Å². The van der Waals surface area contributed by atoms with Crippen LogP contribution in [0.5, 0.6) is 0 Å². The molecule has 1 N–H and O–H groups in total. The van der Waals surface area contributed by atoms with Crippen LogP contribution in [0.1, 0.15) is 11.9 Å². The number of aliphatic hydroxyl groups is 1. The SMILES string of the molecule is CCN(C(=O)CSc1nnc(C)s1)[C@@H]1COC[C@H]1O. The minimum absolute atomic E-state index is 0.00472. The number of likely N-dealkylation sites (N-methyl/N-ethyl adjacent to an activating group) is 1. The highest BCUT2D eigenvalue weighted by molar-refractivity contribution is 8.01. The topological polar surface area (TPSA) is 75.6 Å². The zero-order chi connectivity index (χ0) is 13.8. The van der Waals surface area contributed by atoms with Gasteiger partial charge < -0.3 is 14.7 Å². The van der Waals surface area contributed by atoms with E-state index in [0.29, 0.717) is 25.5 Å². The molecule has 6 nitrogen and oxygen atoms in total. The second kappa shape index (κ2) is 6.65. The average molecular weight is 303 g/mol. The van der Waals surface area contributed by atoms with Gasteiger partial charge in [-0.3, -0.25) is 4.79 Å². The molecule has 0 aromatic carbocycles. The van der Waals surface area contributed by atoms with Crippen molar-refractivity contribution in [3.05, 3.63) is 5.01 Å². The lowest BCUT2D eigenvalue weighted by atomic mass is 10.2. The number of aryl methyl sites for hydroxylation is 1. The summed E-state index contributed by atoms with van der Waals surface area (Å²) in [5.41, 5.74) is 0. The predicted octanol–water partition coefficient (Wildman–Crippen LogP) is 0.547. The first-order valence-electron chi connectivity index (χ1n) is 6.10. The van der Waals surface area contributed by atoms with Gasteiger partial charge in [0.1, 0.15) is 5.01 Å². The van der Waals surface area contributed by atoms with Crippen molar-refractivity contribution in [2.24, 2.45) is 0 Å². The van der Waals surface area contributed by atoms with Crippen molar-refractivity contribution in [3.8, 4) is 0 Å². The highest BCUT2D eigenvalue weighted by Gasteiger charge is 2.33. The molecule has 19 heavy (non-hydrogen) atoms. The predicted molar refractivity (Wildman–Crippen MR) is 73.4 cm³/mol. The van der Waals surface area contributed by atoms with E-state index < -0.39 is 6.10 Å². The molecule has 1 aromatic rings. The van der Waals surface area contributed by atoms with E-state index in [1.54, 1.807) is 4.90 Å². The first-order valence-corrected chi connectivity index (χ1v) is 7.90. The smallest absolute Gasteiger partial charge is 0.233 e. The summed E-state index contributed by atoms with van der Waals surface area (Å²) in [6.45, 7) is 5.07. The summed E-state index contributed by atoms with van der Waals surface area (Å²) in [6, 6.07) is -0.228. The zero-order valence-corrected chi connectivity index (χ0v) is 12.5. The fourth-order valence-electron chi connectivity index (χ4n) is 1.97. The molecule has 2 atom stereocenters. The molecule has 1 aliphatic heterocycles. The average Bonchev–Trinajstić information content (AvgIpc) is 2.98. The minimum Gasteiger partial charge on any atom is -0.388 e. The highest BCUT2D eigenvalue weighted by Crippen LogP contribution is 2.23. The van der Waals surface area contributed by atoms with Gasteiger partial charge in [0.05, 0.1) is 31.1 Å². The summed E-state index contributed by atoms with van der Waals surface area (Å²) >= 11 is 2.86. The molecule has 8 heteroatoms. The number of ether oxygens (including phenoxy) is 1. The molecule has 1 amide bonds. The van der Waals surface area contributed by atoms with Crippen molar-refractivity contribution in [1.29, 1.82) is 0 Å². The van der Waals surface area contributed by atoms with Crippen LogP contribution in [0.25, 0.3) is 0 Å². The highest BCUT2D eigenvalue weighted by atomic mass is 32.2. The molecule has 2 rings (SSSR count). The number of rotatable bonds is 5. The van der Waals surface area contributed by atoms with Crippen molar-refractivity contribution in [2.75, 3.05) is 25.5 Å². The number of nitrogens with zero attached hydrogens (tertiary/aromatic N) is 3. The van der Waals surface area contributed by atoms with Gasteiger partial charge in [-0.1, -0.05) is 23.1 Å². The van der Waals surface area contributed by atoms with Gasteiger partial charge in [-0.2, -0.15) is 0 Å². The molecule has 106 valence electrons. The van der Waals surface area contributed by atoms with E-state index in [2.05, 4.69) is 10.2 Å². The first-order chi connectivity index (χ1) is 9.11. The van der Waals surface area contributed by atoms with Crippen molar-refractivity contribution in [3.63, 3.8) is 0 Å². The van der Waals surface area contributed by atoms with Gasteiger partial charge in [-0.15, -0.1) is 10.2 Å². The van der Waals surface area contributed by atoms with Crippen LogP contribution in [0.15, 0.2) is 4.34 Å². The van der Waals surface area contributed by atoms with E-state index in [9.17, 15) is 9.90 Å². The molecular formula is C11H17N3O3S2. The molecule has 0 radical (unpaired) electrons. The van der Waals surface area contributed by atoms with Crippen LogP contribution in [-0.4, -0.2) is 63.8 Å². The molecule has 0 bridgehead atoms. The van der Waals surface area contributed by atoms with E-state index in [1.807, 2.05) is 13.8 Å². The summed E-state index contributed by atoms with van der Waals surface area (Å²) < 4.78 is 5.99. The summed E-state index contributed by atoms with van der Waals surface area (Å²) in [5.74, 6) is 0.306. The van der Waals surface area contributed by atoms with E-state index in [0.717, 1.165) is 9.35 Å². The summed E-state index contributed by atoms with van der Waals surface area (Å²) in [5, 5.41) is 18.6. The second-order valence-electron chi connectivity index (χ2n) is 4.23. The Kier molecular flexibility index (Phi) is 5.14. The van der Waals surface area contributed by atoms with Crippen molar-refractivity contribution < 1.29 is 14.6 Å². The van der Waals surface area contributed by atoms with Gasteiger partial charge in [-0.05, 0) is 13.8 Å². The van der Waals surface area contributed by atoms with E-state index in [1.165, 1.54) is 23.1 Å². The Bertz CT molecular complexity index is 441. The Labute approximate surface area is 120 Å². The lowest BCUT2D eigenvalue weighted by Gasteiger charge is -2.28. The van der Waals surface area contributed by atoms with Crippen molar-refractivity contribution in [1.82, 2.24) is 15.1 Å². The van der Waals surface area contributed by atoms with Crippen LogP contribution in [0.2, 0.25) is 0 Å². The summed E-state index contributed by atoms with van der Waals surface area (Å²) in [4.78, 5) is 13.9. The summed E-state index contributed by atoms with van der Waals surface area (Å²) in [7, 11) is 0. The molecule has 1 aliphatic rings. The second-order valence-corrected chi connectivity index (χ2v) is 6.63.